The third kappa shape index (κ3) is 3.83. The highest BCUT2D eigenvalue weighted by atomic mass is 35.5. The second kappa shape index (κ2) is 7.33. The standard InChI is InChI=1S/C13H18N2O3.ClH/c1-17-12(7-14)13(16)15-10-6-9-4-2-3-5-11(9)18-8-10;/h2-5,10,12H,6-8,14H2,1H3,(H,15,16);1H. The lowest BCUT2D eigenvalue weighted by Crippen LogP contribution is -2.49. The van der Waals surface area contributed by atoms with E-state index in [0.717, 1.165) is 17.7 Å². The van der Waals surface area contributed by atoms with E-state index in [2.05, 4.69) is 5.32 Å². The Morgan fingerprint density at radius 3 is 3.00 bits per heavy atom. The lowest BCUT2D eigenvalue weighted by atomic mass is 10.0. The largest absolute Gasteiger partial charge is 0.491 e. The molecule has 0 aromatic heterocycles. The van der Waals surface area contributed by atoms with Crippen LogP contribution in [0.1, 0.15) is 5.56 Å². The van der Waals surface area contributed by atoms with Gasteiger partial charge >= 0.3 is 0 Å². The number of fused-ring (bicyclic) bond motifs is 1. The SMILES string of the molecule is COC(CN)C(=O)NC1COc2ccccc2C1.Cl. The highest BCUT2D eigenvalue weighted by Crippen LogP contribution is 2.23. The van der Waals surface area contributed by atoms with E-state index in [1.54, 1.807) is 0 Å². The molecule has 0 saturated heterocycles. The summed E-state index contributed by atoms with van der Waals surface area (Å²) in [5.41, 5.74) is 6.56. The van der Waals surface area contributed by atoms with E-state index in [0.29, 0.717) is 6.61 Å². The molecule has 6 heteroatoms. The van der Waals surface area contributed by atoms with Gasteiger partial charge in [0.1, 0.15) is 18.5 Å². The van der Waals surface area contributed by atoms with E-state index in [1.807, 2.05) is 24.3 Å². The van der Waals surface area contributed by atoms with E-state index >= 15 is 0 Å². The number of nitrogens with one attached hydrogen (secondary N) is 1. The smallest absolute Gasteiger partial charge is 0.250 e. The van der Waals surface area contributed by atoms with Gasteiger partial charge in [-0.2, -0.15) is 0 Å². The second-order valence-electron chi connectivity index (χ2n) is 4.29. The fourth-order valence-electron chi connectivity index (χ4n) is 2.03. The first kappa shape index (κ1) is 15.8. The zero-order valence-corrected chi connectivity index (χ0v) is 11.6. The maximum absolute atomic E-state index is 11.8. The van der Waals surface area contributed by atoms with Crippen molar-refractivity contribution in [3.8, 4) is 5.75 Å². The summed E-state index contributed by atoms with van der Waals surface area (Å²) in [6.07, 6.45) is 0.172. The molecule has 2 atom stereocenters. The van der Waals surface area contributed by atoms with Crippen LogP contribution >= 0.6 is 12.4 Å². The maximum Gasteiger partial charge on any atom is 0.250 e. The summed E-state index contributed by atoms with van der Waals surface area (Å²) in [5, 5.41) is 2.89. The first-order valence-corrected chi connectivity index (χ1v) is 5.98. The van der Waals surface area contributed by atoms with Crippen molar-refractivity contribution in [2.75, 3.05) is 20.3 Å². The Balaban J connectivity index is 0.00000180. The van der Waals surface area contributed by atoms with Crippen molar-refractivity contribution in [1.29, 1.82) is 0 Å². The molecule has 2 unspecified atom stereocenters. The average molecular weight is 287 g/mol. The third-order valence-electron chi connectivity index (χ3n) is 3.02. The Morgan fingerprint density at radius 1 is 1.58 bits per heavy atom. The van der Waals surface area contributed by atoms with E-state index in [9.17, 15) is 4.79 Å². The van der Waals surface area contributed by atoms with Gasteiger partial charge in [-0.15, -0.1) is 12.4 Å². The van der Waals surface area contributed by atoms with Gasteiger partial charge in [-0.25, -0.2) is 0 Å². The number of rotatable bonds is 4. The van der Waals surface area contributed by atoms with Crippen LogP contribution in [0.15, 0.2) is 24.3 Å². The summed E-state index contributed by atoms with van der Waals surface area (Å²) in [5.74, 6) is 0.707. The number of ether oxygens (including phenoxy) is 2. The van der Waals surface area contributed by atoms with E-state index < -0.39 is 6.10 Å². The van der Waals surface area contributed by atoms with Crippen molar-refractivity contribution in [3.63, 3.8) is 0 Å². The Kier molecular flexibility index (Phi) is 6.08. The number of nitrogens with two attached hydrogens (primary N) is 1. The molecule has 1 aliphatic heterocycles. The van der Waals surface area contributed by atoms with Crippen LogP contribution in [0, 0.1) is 0 Å². The number of methoxy groups -OCH3 is 1. The first-order chi connectivity index (χ1) is 8.74. The summed E-state index contributed by atoms with van der Waals surface area (Å²) in [6.45, 7) is 0.649. The molecule has 5 nitrogen and oxygen atoms in total. The van der Waals surface area contributed by atoms with Crippen molar-refractivity contribution in [3.05, 3.63) is 29.8 Å². The van der Waals surface area contributed by atoms with Gasteiger partial charge in [0.2, 0.25) is 0 Å². The Labute approximate surface area is 118 Å². The number of halogens is 1. The predicted molar refractivity (Wildman–Crippen MR) is 74.7 cm³/mol. The minimum Gasteiger partial charge on any atom is -0.491 e. The highest BCUT2D eigenvalue weighted by Gasteiger charge is 2.24. The molecule has 1 amide bonds. The van der Waals surface area contributed by atoms with Gasteiger partial charge in [0.15, 0.2) is 0 Å². The van der Waals surface area contributed by atoms with Crippen LogP contribution in [-0.4, -0.2) is 38.3 Å². The van der Waals surface area contributed by atoms with Crippen LogP contribution < -0.4 is 15.8 Å². The van der Waals surface area contributed by atoms with Crippen LogP contribution in [0.5, 0.6) is 5.75 Å². The maximum atomic E-state index is 11.8. The number of carbonyl (C=O) groups excluding carboxylic acids is 1. The molecule has 0 bridgehead atoms. The highest BCUT2D eigenvalue weighted by molar-refractivity contribution is 5.85. The Morgan fingerprint density at radius 2 is 2.32 bits per heavy atom. The molecule has 0 aliphatic carbocycles. The van der Waals surface area contributed by atoms with Gasteiger partial charge in [-0.1, -0.05) is 18.2 Å². The third-order valence-corrected chi connectivity index (χ3v) is 3.02. The van der Waals surface area contributed by atoms with Gasteiger partial charge in [-0.3, -0.25) is 4.79 Å². The fraction of sp³-hybridized carbons (Fsp3) is 0.462. The van der Waals surface area contributed by atoms with Crippen molar-refractivity contribution < 1.29 is 14.3 Å². The molecule has 3 N–H and O–H groups in total. The van der Waals surface area contributed by atoms with Crippen LogP contribution in [0.2, 0.25) is 0 Å². The molecule has 0 fully saturated rings. The summed E-state index contributed by atoms with van der Waals surface area (Å²) in [4.78, 5) is 11.8. The normalized spacial score (nSPS) is 18.5. The lowest BCUT2D eigenvalue weighted by molar-refractivity contribution is -0.131. The van der Waals surface area contributed by atoms with Gasteiger partial charge in [0.25, 0.3) is 5.91 Å². The molecule has 0 radical (unpaired) electrons. The zero-order valence-electron chi connectivity index (χ0n) is 10.8. The van der Waals surface area contributed by atoms with Crippen molar-refractivity contribution in [1.82, 2.24) is 5.32 Å². The molecule has 106 valence electrons. The van der Waals surface area contributed by atoms with Gasteiger partial charge < -0.3 is 20.5 Å². The Hall–Kier alpha value is -1.30. The topological polar surface area (TPSA) is 73.6 Å². The average Bonchev–Trinajstić information content (AvgIpc) is 2.40. The molecule has 19 heavy (non-hydrogen) atoms. The monoisotopic (exact) mass is 286 g/mol. The summed E-state index contributed by atoms with van der Waals surface area (Å²) in [7, 11) is 1.48. The zero-order chi connectivity index (χ0) is 13.0. The van der Waals surface area contributed by atoms with Crippen LogP contribution in [0.25, 0.3) is 0 Å². The number of carbonyl (C=O) groups is 1. The van der Waals surface area contributed by atoms with E-state index in [4.69, 9.17) is 15.2 Å². The second-order valence-corrected chi connectivity index (χ2v) is 4.29. The van der Waals surface area contributed by atoms with Crippen LogP contribution in [-0.2, 0) is 16.0 Å². The first-order valence-electron chi connectivity index (χ1n) is 5.98. The van der Waals surface area contributed by atoms with Crippen molar-refractivity contribution in [2.24, 2.45) is 5.73 Å². The van der Waals surface area contributed by atoms with Crippen LogP contribution in [0.4, 0.5) is 0 Å². The quantitative estimate of drug-likeness (QED) is 0.845. The number of hydrogen-bond donors (Lipinski definition) is 2. The minimum absolute atomic E-state index is 0. The molecule has 1 aromatic carbocycles. The van der Waals surface area contributed by atoms with Crippen molar-refractivity contribution in [2.45, 2.75) is 18.6 Å². The summed E-state index contributed by atoms with van der Waals surface area (Å²) >= 11 is 0. The van der Waals surface area contributed by atoms with Gasteiger partial charge in [0.05, 0.1) is 6.04 Å². The molecular weight excluding hydrogens is 268 g/mol. The van der Waals surface area contributed by atoms with Gasteiger partial charge in [0, 0.05) is 13.7 Å². The molecule has 2 rings (SSSR count). The van der Waals surface area contributed by atoms with Crippen LogP contribution in [0.3, 0.4) is 0 Å². The molecule has 0 saturated carbocycles. The fourth-order valence-corrected chi connectivity index (χ4v) is 2.03. The number of hydrogen-bond acceptors (Lipinski definition) is 4. The van der Waals surface area contributed by atoms with Crippen molar-refractivity contribution >= 4 is 18.3 Å². The molecule has 1 aliphatic rings. The molecule has 0 spiro atoms. The summed E-state index contributed by atoms with van der Waals surface area (Å²) < 4.78 is 10.6. The number of benzene rings is 1. The Bertz CT molecular complexity index is 424. The van der Waals surface area contributed by atoms with E-state index in [1.165, 1.54) is 7.11 Å². The molecule has 1 heterocycles. The number of amides is 1. The summed E-state index contributed by atoms with van der Waals surface area (Å²) in [6, 6.07) is 7.81. The minimum atomic E-state index is -0.595. The molecular formula is C13H19ClN2O3. The lowest BCUT2D eigenvalue weighted by Gasteiger charge is -2.27. The van der Waals surface area contributed by atoms with Gasteiger partial charge in [-0.05, 0) is 18.1 Å². The molecule has 1 aromatic rings. The predicted octanol–water partition coefficient (Wildman–Crippen LogP) is 0.502. The number of para-hydroxylation sites is 1. The van der Waals surface area contributed by atoms with E-state index in [-0.39, 0.29) is 30.9 Å².